The van der Waals surface area contributed by atoms with Gasteiger partial charge in [0.15, 0.2) is 21.2 Å². The Morgan fingerprint density at radius 2 is 2.12 bits per heavy atom. The zero-order valence-electron chi connectivity index (χ0n) is 13.8. The second-order valence-corrected chi connectivity index (χ2v) is 7.86. The zero-order valence-corrected chi connectivity index (χ0v) is 16.9. The molecule has 2 aliphatic rings. The lowest BCUT2D eigenvalue weighted by atomic mass is 9.68. The number of carbonyl (C=O) groups excluding carboxylic acids is 2. The molecule has 0 spiro atoms. The van der Waals surface area contributed by atoms with Gasteiger partial charge < -0.3 is 9.84 Å². The number of nitrogens with zero attached hydrogens (tertiary/aromatic N) is 1. The normalized spacial score (nSPS) is 30.8. The van der Waals surface area contributed by atoms with Gasteiger partial charge in [-0.05, 0) is 18.1 Å². The maximum absolute atomic E-state index is 13.1. The van der Waals surface area contributed by atoms with Crippen molar-refractivity contribution in [2.45, 2.75) is 22.1 Å². The molecule has 1 fully saturated rings. The highest BCUT2D eigenvalue weighted by molar-refractivity contribution is 9.09. The molecule has 1 aliphatic heterocycles. The number of likely N-dealkylation sites (tertiary alicyclic amines) is 1. The first-order valence-corrected chi connectivity index (χ1v) is 9.64. The van der Waals surface area contributed by atoms with E-state index in [4.69, 9.17) is 27.9 Å². The van der Waals surface area contributed by atoms with Gasteiger partial charge in [-0.1, -0.05) is 46.8 Å². The molecule has 5 nitrogen and oxygen atoms in total. The summed E-state index contributed by atoms with van der Waals surface area (Å²) in [5, 5.41) is 10.6. The standard InChI is InChI=1S/C18H16BrCl2NO4/c1-3-10-7-8-17(20)15(24)22(9-19)16(25)18(17,21)13(10)11-5-4-6-12(26-2)14(11)23/h3-7,13,23H,1,8-9H2,2H3. The van der Waals surface area contributed by atoms with Crippen LogP contribution < -0.4 is 4.74 Å². The fourth-order valence-corrected chi connectivity index (χ4v) is 4.99. The first kappa shape index (κ1) is 19.3. The lowest BCUT2D eigenvalue weighted by Gasteiger charge is -2.42. The topological polar surface area (TPSA) is 66.8 Å². The van der Waals surface area contributed by atoms with E-state index in [9.17, 15) is 14.7 Å². The van der Waals surface area contributed by atoms with Gasteiger partial charge in [0.2, 0.25) is 0 Å². The van der Waals surface area contributed by atoms with Crippen LogP contribution in [0.25, 0.3) is 0 Å². The van der Waals surface area contributed by atoms with E-state index in [0.29, 0.717) is 11.1 Å². The molecule has 8 heteroatoms. The number of hydrogen-bond acceptors (Lipinski definition) is 4. The van der Waals surface area contributed by atoms with Crippen molar-refractivity contribution in [3.05, 3.63) is 48.1 Å². The average molecular weight is 461 g/mol. The SMILES string of the molecule is C=CC1=CCC2(Cl)C(=O)N(CBr)C(=O)C2(Cl)C1c1cccc(OC)c1O. The number of rotatable bonds is 4. The maximum Gasteiger partial charge on any atom is 0.254 e. The van der Waals surface area contributed by atoms with Gasteiger partial charge >= 0.3 is 0 Å². The smallest absolute Gasteiger partial charge is 0.254 e. The van der Waals surface area contributed by atoms with E-state index in [1.807, 2.05) is 0 Å². The number of carbonyl (C=O) groups is 2. The number of allylic oxidation sites excluding steroid dienone is 3. The van der Waals surface area contributed by atoms with Crippen LogP contribution in [-0.2, 0) is 9.59 Å². The van der Waals surface area contributed by atoms with Gasteiger partial charge in [0, 0.05) is 11.5 Å². The number of amides is 2. The van der Waals surface area contributed by atoms with E-state index in [1.165, 1.54) is 7.11 Å². The van der Waals surface area contributed by atoms with Crippen molar-refractivity contribution in [2.75, 3.05) is 12.6 Å². The van der Waals surface area contributed by atoms with Crippen LogP contribution in [0.15, 0.2) is 42.5 Å². The van der Waals surface area contributed by atoms with Crippen LogP contribution in [0.1, 0.15) is 17.9 Å². The van der Waals surface area contributed by atoms with E-state index in [2.05, 4.69) is 22.5 Å². The maximum atomic E-state index is 13.1. The van der Waals surface area contributed by atoms with Crippen molar-refractivity contribution in [3.63, 3.8) is 0 Å². The molecule has 2 amide bonds. The molecule has 1 heterocycles. The molecule has 1 aromatic rings. The number of ether oxygens (including phenoxy) is 1. The molecule has 1 aromatic carbocycles. The third kappa shape index (κ3) is 2.28. The van der Waals surface area contributed by atoms with Gasteiger partial charge in [-0.15, -0.1) is 23.2 Å². The number of phenolic OH excluding ortho intramolecular Hbond substituents is 1. The highest BCUT2D eigenvalue weighted by Gasteiger charge is 2.72. The molecule has 1 N–H and O–H groups in total. The molecular formula is C18H16BrCl2NO4. The second kappa shape index (κ2) is 6.59. The van der Waals surface area contributed by atoms with Gasteiger partial charge in [-0.3, -0.25) is 14.5 Å². The third-order valence-electron chi connectivity index (χ3n) is 4.98. The summed E-state index contributed by atoms with van der Waals surface area (Å²) >= 11 is 16.7. The summed E-state index contributed by atoms with van der Waals surface area (Å²) in [5.41, 5.74) is 0.929. The molecule has 0 radical (unpaired) electrons. The van der Waals surface area contributed by atoms with E-state index in [0.717, 1.165) is 4.90 Å². The predicted molar refractivity (Wildman–Crippen MR) is 103 cm³/mol. The van der Waals surface area contributed by atoms with Gasteiger partial charge in [-0.25, -0.2) is 0 Å². The summed E-state index contributed by atoms with van der Waals surface area (Å²) in [4.78, 5) is 23.4. The highest BCUT2D eigenvalue weighted by atomic mass is 79.9. The van der Waals surface area contributed by atoms with Crippen LogP contribution in [0, 0.1) is 0 Å². The van der Waals surface area contributed by atoms with E-state index in [-0.39, 0.29) is 23.4 Å². The summed E-state index contributed by atoms with van der Waals surface area (Å²) in [6.45, 7) is 3.78. The Balaban J connectivity index is 2.30. The molecule has 1 aliphatic carbocycles. The quantitative estimate of drug-likeness (QED) is 0.422. The lowest BCUT2D eigenvalue weighted by molar-refractivity contribution is -0.138. The predicted octanol–water partition coefficient (Wildman–Crippen LogP) is 3.68. The molecule has 1 saturated heterocycles. The first-order valence-electron chi connectivity index (χ1n) is 7.76. The largest absolute Gasteiger partial charge is 0.504 e. The number of fused-ring (bicyclic) bond motifs is 1. The van der Waals surface area contributed by atoms with Crippen LogP contribution in [0.2, 0.25) is 0 Å². The van der Waals surface area contributed by atoms with E-state index in [1.54, 1.807) is 30.4 Å². The Bertz CT molecular complexity index is 842. The molecule has 3 atom stereocenters. The van der Waals surface area contributed by atoms with Gasteiger partial charge in [0.05, 0.1) is 12.6 Å². The van der Waals surface area contributed by atoms with Crippen LogP contribution in [-0.4, -0.2) is 44.1 Å². The van der Waals surface area contributed by atoms with Crippen molar-refractivity contribution in [1.82, 2.24) is 4.90 Å². The zero-order chi connectivity index (χ0) is 19.3. The van der Waals surface area contributed by atoms with Crippen LogP contribution >= 0.6 is 39.1 Å². The number of alkyl halides is 3. The van der Waals surface area contributed by atoms with Crippen molar-refractivity contribution in [1.29, 1.82) is 0 Å². The minimum Gasteiger partial charge on any atom is -0.504 e. The van der Waals surface area contributed by atoms with E-state index < -0.39 is 27.5 Å². The minimum atomic E-state index is -1.80. The average Bonchev–Trinajstić information content (AvgIpc) is 2.78. The van der Waals surface area contributed by atoms with Gasteiger partial charge in [0.25, 0.3) is 11.8 Å². The van der Waals surface area contributed by atoms with Crippen molar-refractivity contribution < 1.29 is 19.4 Å². The monoisotopic (exact) mass is 459 g/mol. The summed E-state index contributed by atoms with van der Waals surface area (Å²) in [6, 6.07) is 4.88. The molecule has 0 aromatic heterocycles. The fraction of sp³-hybridized carbons (Fsp3) is 0.333. The summed E-state index contributed by atoms with van der Waals surface area (Å²) in [5.74, 6) is -1.99. The number of halogens is 3. The van der Waals surface area contributed by atoms with Crippen molar-refractivity contribution in [2.24, 2.45) is 0 Å². The number of aromatic hydroxyl groups is 1. The van der Waals surface area contributed by atoms with Crippen molar-refractivity contribution in [3.8, 4) is 11.5 Å². The molecule has 0 saturated carbocycles. The number of para-hydroxylation sites is 1. The van der Waals surface area contributed by atoms with Crippen LogP contribution in [0.3, 0.4) is 0 Å². The number of hydrogen-bond donors (Lipinski definition) is 1. The fourth-order valence-electron chi connectivity index (χ4n) is 3.66. The Morgan fingerprint density at radius 1 is 1.42 bits per heavy atom. The Hall–Kier alpha value is -1.50. The summed E-state index contributed by atoms with van der Waals surface area (Å²) in [6.07, 6.45) is 3.36. The van der Waals surface area contributed by atoms with E-state index >= 15 is 0 Å². The highest BCUT2D eigenvalue weighted by Crippen LogP contribution is 2.60. The molecule has 0 bridgehead atoms. The molecule has 3 rings (SSSR count). The molecule has 138 valence electrons. The van der Waals surface area contributed by atoms with Crippen LogP contribution in [0.4, 0.5) is 0 Å². The van der Waals surface area contributed by atoms with Gasteiger partial charge in [0.1, 0.15) is 0 Å². The number of imide groups is 1. The van der Waals surface area contributed by atoms with Crippen molar-refractivity contribution >= 4 is 50.9 Å². The molecule has 3 unspecified atom stereocenters. The lowest BCUT2D eigenvalue weighted by Crippen LogP contribution is -2.54. The van der Waals surface area contributed by atoms with Crippen LogP contribution in [0.5, 0.6) is 11.5 Å². The number of benzene rings is 1. The Kier molecular flexibility index (Phi) is 4.88. The minimum absolute atomic E-state index is 0.0200. The second-order valence-electron chi connectivity index (χ2n) is 6.11. The molecular weight excluding hydrogens is 445 g/mol. The summed E-state index contributed by atoms with van der Waals surface area (Å²) in [7, 11) is 1.42. The Morgan fingerprint density at radius 3 is 2.69 bits per heavy atom. The Labute approximate surface area is 169 Å². The molecule has 26 heavy (non-hydrogen) atoms. The first-order chi connectivity index (χ1) is 12.3. The summed E-state index contributed by atoms with van der Waals surface area (Å²) < 4.78 is 5.16. The van der Waals surface area contributed by atoms with Gasteiger partial charge in [-0.2, -0.15) is 0 Å². The number of phenols is 1. The third-order valence-corrected chi connectivity index (χ3v) is 6.90. The number of methoxy groups -OCH3 is 1.